The first-order chi connectivity index (χ1) is 9.29. The number of ether oxygens (including phenoxy) is 2. The van der Waals surface area contributed by atoms with Crippen molar-refractivity contribution in [3.63, 3.8) is 0 Å². The molecule has 2 aromatic rings. The first kappa shape index (κ1) is 13.6. The van der Waals surface area contributed by atoms with Crippen molar-refractivity contribution < 1.29 is 14.3 Å². The van der Waals surface area contributed by atoms with Crippen LogP contribution in [0.5, 0.6) is 11.5 Å². The van der Waals surface area contributed by atoms with Crippen molar-refractivity contribution in [2.24, 2.45) is 0 Å². The van der Waals surface area contributed by atoms with Gasteiger partial charge in [-0.15, -0.1) is 0 Å². The predicted molar refractivity (Wildman–Crippen MR) is 77.1 cm³/mol. The standard InChI is InChI=1S/C15H13BrO3/c16-10-11-18-13-6-8-14(9-7-13)19-15(17)12-4-2-1-3-5-12/h1-9H,10-11H2. The lowest BCUT2D eigenvalue weighted by Crippen LogP contribution is -2.08. The number of alkyl halides is 1. The third kappa shape index (κ3) is 4.10. The van der Waals surface area contributed by atoms with E-state index in [0.717, 1.165) is 11.1 Å². The van der Waals surface area contributed by atoms with Crippen molar-refractivity contribution in [1.82, 2.24) is 0 Å². The van der Waals surface area contributed by atoms with E-state index >= 15 is 0 Å². The molecule has 0 aliphatic heterocycles. The lowest BCUT2D eigenvalue weighted by atomic mass is 10.2. The van der Waals surface area contributed by atoms with Gasteiger partial charge in [-0.3, -0.25) is 0 Å². The maximum Gasteiger partial charge on any atom is 0.343 e. The summed E-state index contributed by atoms with van der Waals surface area (Å²) in [6.07, 6.45) is 0. The van der Waals surface area contributed by atoms with Gasteiger partial charge in [0.25, 0.3) is 0 Å². The van der Waals surface area contributed by atoms with Gasteiger partial charge < -0.3 is 9.47 Å². The zero-order valence-corrected chi connectivity index (χ0v) is 11.8. The van der Waals surface area contributed by atoms with Gasteiger partial charge >= 0.3 is 5.97 Å². The van der Waals surface area contributed by atoms with E-state index < -0.39 is 0 Å². The molecule has 0 aliphatic rings. The molecule has 0 fully saturated rings. The van der Waals surface area contributed by atoms with Crippen LogP contribution in [0.25, 0.3) is 0 Å². The molecule has 2 rings (SSSR count). The van der Waals surface area contributed by atoms with Crippen molar-refractivity contribution in [3.05, 3.63) is 60.2 Å². The molecule has 0 spiro atoms. The SMILES string of the molecule is O=C(Oc1ccc(OCCBr)cc1)c1ccccc1. The largest absolute Gasteiger partial charge is 0.493 e. The molecule has 0 unspecified atom stereocenters. The Hall–Kier alpha value is -1.81. The summed E-state index contributed by atoms with van der Waals surface area (Å²) < 4.78 is 10.7. The summed E-state index contributed by atoms with van der Waals surface area (Å²) in [5.41, 5.74) is 0.530. The highest BCUT2D eigenvalue weighted by molar-refractivity contribution is 9.09. The molecule has 0 saturated heterocycles. The molecule has 0 radical (unpaired) electrons. The van der Waals surface area contributed by atoms with Gasteiger partial charge in [0.2, 0.25) is 0 Å². The van der Waals surface area contributed by atoms with Crippen molar-refractivity contribution in [2.75, 3.05) is 11.9 Å². The summed E-state index contributed by atoms with van der Waals surface area (Å²) >= 11 is 3.29. The summed E-state index contributed by atoms with van der Waals surface area (Å²) in [5.74, 6) is 0.883. The molecule has 0 bridgehead atoms. The Morgan fingerprint density at radius 1 is 0.947 bits per heavy atom. The number of halogens is 1. The summed E-state index contributed by atoms with van der Waals surface area (Å²) in [5, 5.41) is 0.776. The maximum absolute atomic E-state index is 11.8. The van der Waals surface area contributed by atoms with Gasteiger partial charge in [0.15, 0.2) is 0 Å². The molecule has 0 N–H and O–H groups in total. The Labute approximate surface area is 120 Å². The second kappa shape index (κ2) is 6.95. The van der Waals surface area contributed by atoms with E-state index in [0.29, 0.717) is 17.9 Å². The lowest BCUT2D eigenvalue weighted by Gasteiger charge is -2.06. The minimum absolute atomic E-state index is 0.366. The number of rotatable bonds is 5. The van der Waals surface area contributed by atoms with Gasteiger partial charge in [-0.05, 0) is 36.4 Å². The second-order valence-corrected chi connectivity index (χ2v) is 4.56. The van der Waals surface area contributed by atoms with Crippen LogP contribution >= 0.6 is 15.9 Å². The van der Waals surface area contributed by atoms with Gasteiger partial charge in [0.05, 0.1) is 12.2 Å². The topological polar surface area (TPSA) is 35.5 Å². The van der Waals surface area contributed by atoms with E-state index in [1.807, 2.05) is 6.07 Å². The van der Waals surface area contributed by atoms with Crippen LogP contribution in [0.1, 0.15) is 10.4 Å². The minimum Gasteiger partial charge on any atom is -0.493 e. The maximum atomic E-state index is 11.8. The van der Waals surface area contributed by atoms with Gasteiger partial charge in [-0.25, -0.2) is 4.79 Å². The number of esters is 1. The third-order valence-electron chi connectivity index (χ3n) is 2.39. The smallest absolute Gasteiger partial charge is 0.343 e. The van der Waals surface area contributed by atoms with Crippen molar-refractivity contribution in [3.8, 4) is 11.5 Å². The molecular formula is C15H13BrO3. The Morgan fingerprint density at radius 2 is 1.58 bits per heavy atom. The van der Waals surface area contributed by atoms with Crippen LogP contribution in [-0.2, 0) is 0 Å². The van der Waals surface area contributed by atoms with E-state index in [1.165, 1.54) is 0 Å². The quantitative estimate of drug-likeness (QED) is 0.479. The Balaban J connectivity index is 1.98. The fourth-order valence-corrected chi connectivity index (χ4v) is 1.66. The van der Waals surface area contributed by atoms with Gasteiger partial charge in [0, 0.05) is 5.33 Å². The van der Waals surface area contributed by atoms with E-state index in [1.54, 1.807) is 48.5 Å². The summed E-state index contributed by atoms with van der Waals surface area (Å²) in [4.78, 5) is 11.8. The second-order valence-electron chi connectivity index (χ2n) is 3.76. The van der Waals surface area contributed by atoms with Crippen molar-refractivity contribution in [1.29, 1.82) is 0 Å². The summed E-state index contributed by atoms with van der Waals surface area (Å²) in [6.45, 7) is 0.600. The van der Waals surface area contributed by atoms with Crippen molar-refractivity contribution >= 4 is 21.9 Å². The van der Waals surface area contributed by atoms with Crippen LogP contribution in [0, 0.1) is 0 Å². The monoisotopic (exact) mass is 320 g/mol. The number of carbonyl (C=O) groups is 1. The molecule has 0 saturated carbocycles. The molecule has 0 aromatic heterocycles. The fraction of sp³-hybridized carbons (Fsp3) is 0.133. The molecule has 0 atom stereocenters. The average Bonchev–Trinajstić information content (AvgIpc) is 2.47. The van der Waals surface area contributed by atoms with Crippen LogP contribution in [0.15, 0.2) is 54.6 Å². The van der Waals surface area contributed by atoms with Gasteiger partial charge in [0.1, 0.15) is 11.5 Å². The Morgan fingerprint density at radius 3 is 2.21 bits per heavy atom. The van der Waals surface area contributed by atoms with Crippen LogP contribution in [0.4, 0.5) is 0 Å². The minimum atomic E-state index is -0.366. The zero-order chi connectivity index (χ0) is 13.5. The zero-order valence-electron chi connectivity index (χ0n) is 10.2. The number of benzene rings is 2. The molecule has 3 nitrogen and oxygen atoms in total. The van der Waals surface area contributed by atoms with E-state index in [2.05, 4.69) is 15.9 Å². The van der Waals surface area contributed by atoms with Crippen LogP contribution in [0.2, 0.25) is 0 Å². The number of hydrogen-bond donors (Lipinski definition) is 0. The Bertz CT molecular complexity index is 523. The number of hydrogen-bond acceptors (Lipinski definition) is 3. The fourth-order valence-electron chi connectivity index (χ4n) is 1.50. The Kier molecular flexibility index (Phi) is 4.98. The molecule has 0 heterocycles. The highest BCUT2D eigenvalue weighted by Crippen LogP contribution is 2.18. The number of carbonyl (C=O) groups excluding carboxylic acids is 1. The van der Waals surface area contributed by atoms with Crippen LogP contribution < -0.4 is 9.47 Å². The molecule has 0 amide bonds. The molecule has 2 aromatic carbocycles. The lowest BCUT2D eigenvalue weighted by molar-refractivity contribution is 0.0734. The molecular weight excluding hydrogens is 308 g/mol. The highest BCUT2D eigenvalue weighted by atomic mass is 79.9. The predicted octanol–water partition coefficient (Wildman–Crippen LogP) is 3.68. The van der Waals surface area contributed by atoms with Crippen LogP contribution in [-0.4, -0.2) is 17.9 Å². The van der Waals surface area contributed by atoms with E-state index in [9.17, 15) is 4.79 Å². The molecule has 4 heteroatoms. The van der Waals surface area contributed by atoms with Crippen molar-refractivity contribution in [2.45, 2.75) is 0 Å². The third-order valence-corrected chi connectivity index (χ3v) is 2.71. The van der Waals surface area contributed by atoms with Gasteiger partial charge in [-0.1, -0.05) is 34.1 Å². The summed E-state index contributed by atoms with van der Waals surface area (Å²) in [7, 11) is 0. The molecule has 98 valence electrons. The van der Waals surface area contributed by atoms with Crippen LogP contribution in [0.3, 0.4) is 0 Å². The first-order valence-corrected chi connectivity index (χ1v) is 6.98. The van der Waals surface area contributed by atoms with Gasteiger partial charge in [-0.2, -0.15) is 0 Å². The average molecular weight is 321 g/mol. The normalized spacial score (nSPS) is 9.95. The molecule has 19 heavy (non-hydrogen) atoms. The van der Waals surface area contributed by atoms with E-state index in [-0.39, 0.29) is 5.97 Å². The highest BCUT2D eigenvalue weighted by Gasteiger charge is 2.07. The first-order valence-electron chi connectivity index (χ1n) is 5.85. The molecule has 0 aliphatic carbocycles. The van der Waals surface area contributed by atoms with E-state index in [4.69, 9.17) is 9.47 Å². The summed E-state index contributed by atoms with van der Waals surface area (Å²) in [6, 6.07) is 15.9.